The molecule has 1 N–H and O–H groups in total. The highest BCUT2D eigenvalue weighted by Gasteiger charge is 2.20. The van der Waals surface area contributed by atoms with Gasteiger partial charge < -0.3 is 10.1 Å². The third-order valence-corrected chi connectivity index (χ3v) is 3.52. The molecule has 4 nitrogen and oxygen atoms in total. The van der Waals surface area contributed by atoms with E-state index in [4.69, 9.17) is 4.74 Å². The standard InChI is InChI=1S/C14H23N3O/c1-4-15-8-13-10(2)16-14(17-11(13)3)12-6-5-7-18-9-12/h12,15H,4-9H2,1-3H3. The van der Waals surface area contributed by atoms with Crippen LogP contribution in [0.5, 0.6) is 0 Å². The number of aromatic nitrogens is 2. The van der Waals surface area contributed by atoms with Crippen LogP contribution in [0.3, 0.4) is 0 Å². The Labute approximate surface area is 109 Å². The number of hydrogen-bond donors (Lipinski definition) is 1. The molecule has 0 saturated carbocycles. The summed E-state index contributed by atoms with van der Waals surface area (Å²) in [6.07, 6.45) is 2.26. The van der Waals surface area contributed by atoms with Crippen LogP contribution in [0.15, 0.2) is 0 Å². The van der Waals surface area contributed by atoms with Gasteiger partial charge in [-0.25, -0.2) is 9.97 Å². The second-order valence-corrected chi connectivity index (χ2v) is 4.93. The van der Waals surface area contributed by atoms with Crippen LogP contribution in [-0.2, 0) is 11.3 Å². The number of rotatable bonds is 4. The Balaban J connectivity index is 2.18. The lowest BCUT2D eigenvalue weighted by Gasteiger charge is -2.22. The molecule has 0 amide bonds. The van der Waals surface area contributed by atoms with Crippen LogP contribution in [-0.4, -0.2) is 29.7 Å². The predicted octanol–water partition coefficient (Wildman–Crippen LogP) is 2.10. The van der Waals surface area contributed by atoms with Crippen molar-refractivity contribution in [3.8, 4) is 0 Å². The molecule has 18 heavy (non-hydrogen) atoms. The fraction of sp³-hybridized carbons (Fsp3) is 0.714. The molecule has 0 spiro atoms. The molecule has 1 aromatic rings. The van der Waals surface area contributed by atoms with Crippen LogP contribution < -0.4 is 5.32 Å². The van der Waals surface area contributed by atoms with Gasteiger partial charge in [0.05, 0.1) is 6.61 Å². The Morgan fingerprint density at radius 3 is 2.56 bits per heavy atom. The minimum Gasteiger partial charge on any atom is -0.381 e. The van der Waals surface area contributed by atoms with Gasteiger partial charge in [-0.05, 0) is 33.2 Å². The van der Waals surface area contributed by atoms with Gasteiger partial charge in [-0.1, -0.05) is 6.92 Å². The van der Waals surface area contributed by atoms with Crippen molar-refractivity contribution in [2.75, 3.05) is 19.8 Å². The van der Waals surface area contributed by atoms with Gasteiger partial charge in [0.25, 0.3) is 0 Å². The maximum absolute atomic E-state index is 5.52. The van der Waals surface area contributed by atoms with Crippen LogP contribution in [0.25, 0.3) is 0 Å². The lowest BCUT2D eigenvalue weighted by Crippen LogP contribution is -2.21. The Hall–Kier alpha value is -1.00. The first-order valence-electron chi connectivity index (χ1n) is 6.84. The topological polar surface area (TPSA) is 47.0 Å². The summed E-state index contributed by atoms with van der Waals surface area (Å²) in [7, 11) is 0. The summed E-state index contributed by atoms with van der Waals surface area (Å²) in [4.78, 5) is 9.36. The van der Waals surface area contributed by atoms with Crippen molar-refractivity contribution in [3.05, 3.63) is 22.8 Å². The van der Waals surface area contributed by atoms with E-state index in [1.807, 2.05) is 0 Å². The smallest absolute Gasteiger partial charge is 0.134 e. The Bertz CT molecular complexity index is 377. The summed E-state index contributed by atoms with van der Waals surface area (Å²) in [5.41, 5.74) is 3.44. The van der Waals surface area contributed by atoms with Crippen LogP contribution in [0.4, 0.5) is 0 Å². The zero-order chi connectivity index (χ0) is 13.0. The first-order chi connectivity index (χ1) is 8.72. The van der Waals surface area contributed by atoms with Crippen molar-refractivity contribution < 1.29 is 4.74 Å². The minimum atomic E-state index is 0.379. The van der Waals surface area contributed by atoms with Crippen molar-refractivity contribution in [1.82, 2.24) is 15.3 Å². The quantitative estimate of drug-likeness (QED) is 0.887. The first-order valence-corrected chi connectivity index (χ1v) is 6.84. The number of nitrogens with zero attached hydrogens (tertiary/aromatic N) is 2. The van der Waals surface area contributed by atoms with Crippen LogP contribution >= 0.6 is 0 Å². The Kier molecular flexibility index (Phi) is 4.66. The summed E-state index contributed by atoms with van der Waals surface area (Å²) in [5.74, 6) is 1.34. The number of hydrogen-bond acceptors (Lipinski definition) is 4. The van der Waals surface area contributed by atoms with Gasteiger partial charge in [0, 0.05) is 36.0 Å². The summed E-state index contributed by atoms with van der Waals surface area (Å²) in [5, 5.41) is 3.34. The molecule has 0 aromatic carbocycles. The molecule has 2 rings (SSSR count). The average molecular weight is 249 g/mol. The van der Waals surface area contributed by atoms with E-state index >= 15 is 0 Å². The van der Waals surface area contributed by atoms with E-state index in [0.717, 1.165) is 56.4 Å². The first kappa shape index (κ1) is 13.4. The highest BCUT2D eigenvalue weighted by molar-refractivity contribution is 5.25. The molecule has 1 atom stereocenters. The average Bonchev–Trinajstić information content (AvgIpc) is 2.39. The van der Waals surface area contributed by atoms with Gasteiger partial charge in [0.1, 0.15) is 5.82 Å². The molecule has 2 heterocycles. The molecule has 100 valence electrons. The van der Waals surface area contributed by atoms with E-state index in [-0.39, 0.29) is 0 Å². The van der Waals surface area contributed by atoms with Crippen LogP contribution in [0.2, 0.25) is 0 Å². The Morgan fingerprint density at radius 1 is 1.28 bits per heavy atom. The van der Waals surface area contributed by atoms with Gasteiger partial charge in [-0.3, -0.25) is 0 Å². The zero-order valence-corrected chi connectivity index (χ0v) is 11.6. The van der Waals surface area contributed by atoms with E-state index in [2.05, 4.69) is 36.1 Å². The summed E-state index contributed by atoms with van der Waals surface area (Å²) in [6, 6.07) is 0. The molecule has 0 bridgehead atoms. The predicted molar refractivity (Wildman–Crippen MR) is 71.7 cm³/mol. The van der Waals surface area contributed by atoms with Gasteiger partial charge in [-0.15, -0.1) is 0 Å². The lowest BCUT2D eigenvalue weighted by atomic mass is 10.0. The fourth-order valence-electron chi connectivity index (χ4n) is 2.40. The highest BCUT2D eigenvalue weighted by atomic mass is 16.5. The molecular weight excluding hydrogens is 226 g/mol. The normalized spacial score (nSPS) is 20.1. The van der Waals surface area contributed by atoms with Crippen molar-refractivity contribution in [3.63, 3.8) is 0 Å². The maximum atomic E-state index is 5.52. The van der Waals surface area contributed by atoms with Crippen molar-refractivity contribution in [2.24, 2.45) is 0 Å². The molecular formula is C14H23N3O. The number of aryl methyl sites for hydroxylation is 2. The van der Waals surface area contributed by atoms with Crippen LogP contribution in [0.1, 0.15) is 48.5 Å². The van der Waals surface area contributed by atoms with Gasteiger partial charge in [0.15, 0.2) is 0 Å². The summed E-state index contributed by atoms with van der Waals surface area (Å²) in [6.45, 7) is 9.74. The molecule has 1 unspecified atom stereocenters. The van der Waals surface area contributed by atoms with Gasteiger partial charge in [-0.2, -0.15) is 0 Å². The molecule has 0 radical (unpaired) electrons. The second kappa shape index (κ2) is 6.25. The largest absolute Gasteiger partial charge is 0.381 e. The number of nitrogens with one attached hydrogen (secondary N) is 1. The third-order valence-electron chi connectivity index (χ3n) is 3.52. The Morgan fingerprint density at radius 2 is 2.00 bits per heavy atom. The molecule has 1 fully saturated rings. The molecule has 1 saturated heterocycles. The number of ether oxygens (including phenoxy) is 1. The van der Waals surface area contributed by atoms with E-state index in [0.29, 0.717) is 5.92 Å². The van der Waals surface area contributed by atoms with Crippen molar-refractivity contribution in [2.45, 2.75) is 46.1 Å². The molecule has 1 aromatic heterocycles. The zero-order valence-electron chi connectivity index (χ0n) is 11.6. The van der Waals surface area contributed by atoms with E-state index in [1.54, 1.807) is 0 Å². The summed E-state index contributed by atoms with van der Waals surface area (Å²) >= 11 is 0. The molecule has 1 aliphatic rings. The van der Waals surface area contributed by atoms with Crippen molar-refractivity contribution >= 4 is 0 Å². The lowest BCUT2D eigenvalue weighted by molar-refractivity contribution is 0.0779. The fourth-order valence-corrected chi connectivity index (χ4v) is 2.40. The van der Waals surface area contributed by atoms with E-state index < -0.39 is 0 Å². The van der Waals surface area contributed by atoms with Crippen LogP contribution in [0, 0.1) is 13.8 Å². The molecule has 1 aliphatic heterocycles. The van der Waals surface area contributed by atoms with E-state index in [1.165, 1.54) is 5.56 Å². The minimum absolute atomic E-state index is 0.379. The monoisotopic (exact) mass is 249 g/mol. The third kappa shape index (κ3) is 3.06. The van der Waals surface area contributed by atoms with Gasteiger partial charge >= 0.3 is 0 Å². The SMILES string of the molecule is CCNCc1c(C)nc(C2CCCOC2)nc1C. The van der Waals surface area contributed by atoms with Gasteiger partial charge in [0.2, 0.25) is 0 Å². The van der Waals surface area contributed by atoms with Crippen molar-refractivity contribution in [1.29, 1.82) is 0 Å². The van der Waals surface area contributed by atoms with E-state index in [9.17, 15) is 0 Å². The summed E-state index contributed by atoms with van der Waals surface area (Å²) < 4.78 is 5.52. The molecule has 0 aliphatic carbocycles. The highest BCUT2D eigenvalue weighted by Crippen LogP contribution is 2.24. The molecule has 4 heteroatoms. The maximum Gasteiger partial charge on any atom is 0.134 e. The second-order valence-electron chi connectivity index (χ2n) is 4.93.